The predicted octanol–water partition coefficient (Wildman–Crippen LogP) is -0.406. The summed E-state index contributed by atoms with van der Waals surface area (Å²) < 4.78 is 0. The van der Waals surface area contributed by atoms with Crippen LogP contribution in [0.1, 0.15) is 12.8 Å². The Bertz CT molecular complexity index is 177. The van der Waals surface area contributed by atoms with Crippen LogP contribution in [-0.4, -0.2) is 74.4 Å². The summed E-state index contributed by atoms with van der Waals surface area (Å²) in [4.78, 5) is 4.48. The fraction of sp³-hybridized carbons (Fsp3) is 1.00. The summed E-state index contributed by atoms with van der Waals surface area (Å²) in [5.41, 5.74) is -0.0253. The molecule has 0 unspecified atom stereocenters. The molecule has 1 saturated heterocycles. The first-order valence-corrected chi connectivity index (χ1v) is 5.77. The minimum absolute atomic E-state index is 0.0253. The van der Waals surface area contributed by atoms with Crippen molar-refractivity contribution in [3.63, 3.8) is 0 Å². The van der Waals surface area contributed by atoms with Gasteiger partial charge in [0.05, 0.1) is 6.61 Å². The third kappa shape index (κ3) is 4.07. The average Bonchev–Trinajstić information content (AvgIpc) is 2.21. The zero-order valence-corrected chi connectivity index (χ0v) is 10.3. The number of rotatable bonds is 5. The maximum atomic E-state index is 9.50. The molecule has 0 radical (unpaired) electrons. The van der Waals surface area contributed by atoms with E-state index in [1.54, 1.807) is 0 Å². The minimum atomic E-state index is -0.0253. The molecule has 0 aromatic carbocycles. The molecule has 0 atom stereocenters. The number of likely N-dealkylation sites (N-methyl/N-ethyl adjacent to an activating group) is 1. The third-order valence-corrected chi connectivity index (χ3v) is 3.31. The van der Waals surface area contributed by atoms with Crippen LogP contribution < -0.4 is 5.32 Å². The molecule has 0 aromatic rings. The van der Waals surface area contributed by atoms with E-state index in [4.69, 9.17) is 0 Å². The summed E-state index contributed by atoms with van der Waals surface area (Å²) in [6, 6.07) is 0. The summed E-state index contributed by atoms with van der Waals surface area (Å²) in [6.07, 6.45) is 2.10. The van der Waals surface area contributed by atoms with Crippen LogP contribution in [0.2, 0.25) is 0 Å². The van der Waals surface area contributed by atoms with Crippen molar-refractivity contribution >= 4 is 0 Å². The Hall–Kier alpha value is -0.160. The lowest BCUT2D eigenvalue weighted by atomic mass is 9.88. The van der Waals surface area contributed by atoms with Crippen molar-refractivity contribution < 1.29 is 5.11 Å². The first kappa shape index (κ1) is 12.9. The number of hydrogen-bond donors (Lipinski definition) is 2. The van der Waals surface area contributed by atoms with E-state index in [0.717, 1.165) is 39.0 Å². The number of piperidine rings is 1. The molecule has 15 heavy (non-hydrogen) atoms. The highest BCUT2D eigenvalue weighted by atomic mass is 16.3. The Kier molecular flexibility index (Phi) is 4.99. The van der Waals surface area contributed by atoms with Gasteiger partial charge in [-0.1, -0.05) is 0 Å². The molecule has 4 nitrogen and oxygen atoms in total. The molecule has 1 aliphatic heterocycles. The first-order valence-electron chi connectivity index (χ1n) is 5.77. The van der Waals surface area contributed by atoms with Gasteiger partial charge in [-0.15, -0.1) is 0 Å². The van der Waals surface area contributed by atoms with E-state index in [2.05, 4.69) is 36.3 Å². The molecule has 1 aliphatic rings. The highest BCUT2D eigenvalue weighted by Gasteiger charge is 2.32. The summed E-state index contributed by atoms with van der Waals surface area (Å²) in [6.45, 7) is 4.40. The van der Waals surface area contributed by atoms with Gasteiger partial charge in [-0.25, -0.2) is 0 Å². The van der Waals surface area contributed by atoms with Gasteiger partial charge in [-0.05, 0) is 47.1 Å². The fourth-order valence-electron chi connectivity index (χ4n) is 1.98. The second-order valence-electron chi connectivity index (χ2n) is 4.97. The lowest BCUT2D eigenvalue weighted by molar-refractivity contribution is 0.0880. The molecule has 0 aliphatic carbocycles. The van der Waals surface area contributed by atoms with Crippen LogP contribution in [0, 0.1) is 0 Å². The largest absolute Gasteiger partial charge is 0.394 e. The SMILES string of the molecule is CN(C)CCNC1(CO)CCN(C)CC1. The van der Waals surface area contributed by atoms with Crippen LogP contribution in [0.4, 0.5) is 0 Å². The second-order valence-corrected chi connectivity index (χ2v) is 4.97. The van der Waals surface area contributed by atoms with Gasteiger partial charge in [0, 0.05) is 18.6 Å². The molecular weight excluding hydrogens is 190 g/mol. The lowest BCUT2D eigenvalue weighted by Gasteiger charge is -2.40. The topological polar surface area (TPSA) is 38.7 Å². The van der Waals surface area contributed by atoms with Gasteiger partial charge in [-0.3, -0.25) is 0 Å². The molecule has 0 aromatic heterocycles. The van der Waals surface area contributed by atoms with Crippen LogP contribution in [0.5, 0.6) is 0 Å². The van der Waals surface area contributed by atoms with Crippen molar-refractivity contribution in [2.24, 2.45) is 0 Å². The maximum Gasteiger partial charge on any atom is 0.0614 e. The van der Waals surface area contributed by atoms with E-state index in [9.17, 15) is 5.11 Å². The zero-order chi connectivity index (χ0) is 11.3. The van der Waals surface area contributed by atoms with Gasteiger partial charge < -0.3 is 20.2 Å². The Morgan fingerprint density at radius 3 is 2.40 bits per heavy atom. The van der Waals surface area contributed by atoms with Crippen molar-refractivity contribution in [2.75, 3.05) is 53.9 Å². The van der Waals surface area contributed by atoms with Gasteiger partial charge in [0.25, 0.3) is 0 Å². The second kappa shape index (κ2) is 5.80. The maximum absolute atomic E-state index is 9.50. The highest BCUT2D eigenvalue weighted by Crippen LogP contribution is 2.20. The molecular formula is C11H25N3O. The summed E-state index contributed by atoms with van der Waals surface area (Å²) in [7, 11) is 6.28. The number of nitrogens with zero attached hydrogens (tertiary/aromatic N) is 2. The van der Waals surface area contributed by atoms with E-state index in [1.807, 2.05) is 0 Å². The van der Waals surface area contributed by atoms with E-state index in [1.165, 1.54) is 0 Å². The van der Waals surface area contributed by atoms with E-state index in [0.29, 0.717) is 0 Å². The van der Waals surface area contributed by atoms with Crippen LogP contribution in [0.15, 0.2) is 0 Å². The third-order valence-electron chi connectivity index (χ3n) is 3.31. The fourth-order valence-corrected chi connectivity index (χ4v) is 1.98. The zero-order valence-electron chi connectivity index (χ0n) is 10.3. The standard InChI is InChI=1S/C11H25N3O/c1-13(2)9-6-12-11(10-15)4-7-14(3)8-5-11/h12,15H,4-10H2,1-3H3. The number of hydrogen-bond acceptors (Lipinski definition) is 4. The Morgan fingerprint density at radius 2 is 1.93 bits per heavy atom. The molecule has 1 heterocycles. The number of nitrogens with one attached hydrogen (secondary N) is 1. The van der Waals surface area contributed by atoms with Crippen LogP contribution in [-0.2, 0) is 0 Å². The van der Waals surface area contributed by atoms with Gasteiger partial charge in [0.2, 0.25) is 0 Å². The van der Waals surface area contributed by atoms with Crippen LogP contribution >= 0.6 is 0 Å². The average molecular weight is 215 g/mol. The number of likely N-dealkylation sites (tertiary alicyclic amines) is 1. The van der Waals surface area contributed by atoms with E-state index >= 15 is 0 Å². The summed E-state index contributed by atoms with van der Waals surface area (Å²) in [5.74, 6) is 0. The molecule has 4 heteroatoms. The van der Waals surface area contributed by atoms with E-state index < -0.39 is 0 Å². The first-order chi connectivity index (χ1) is 7.08. The van der Waals surface area contributed by atoms with Crippen molar-refractivity contribution in [3.05, 3.63) is 0 Å². The van der Waals surface area contributed by atoms with Crippen LogP contribution in [0.3, 0.4) is 0 Å². The van der Waals surface area contributed by atoms with Gasteiger partial charge >= 0.3 is 0 Å². The Balaban J connectivity index is 2.33. The molecule has 90 valence electrons. The molecule has 0 bridgehead atoms. The van der Waals surface area contributed by atoms with Gasteiger partial charge in [0.15, 0.2) is 0 Å². The summed E-state index contributed by atoms with van der Waals surface area (Å²) in [5, 5.41) is 13.0. The lowest BCUT2D eigenvalue weighted by Crippen LogP contribution is -2.56. The molecule has 0 spiro atoms. The molecule has 0 saturated carbocycles. The molecule has 1 fully saturated rings. The molecule has 2 N–H and O–H groups in total. The van der Waals surface area contributed by atoms with Crippen molar-refractivity contribution in [3.8, 4) is 0 Å². The quantitative estimate of drug-likeness (QED) is 0.654. The van der Waals surface area contributed by atoms with Crippen LogP contribution in [0.25, 0.3) is 0 Å². The Labute approximate surface area is 93.2 Å². The normalized spacial score (nSPS) is 22.2. The predicted molar refractivity (Wildman–Crippen MR) is 63.1 cm³/mol. The van der Waals surface area contributed by atoms with Gasteiger partial charge in [-0.2, -0.15) is 0 Å². The van der Waals surface area contributed by atoms with E-state index in [-0.39, 0.29) is 12.1 Å². The highest BCUT2D eigenvalue weighted by molar-refractivity contribution is 4.92. The monoisotopic (exact) mass is 215 g/mol. The smallest absolute Gasteiger partial charge is 0.0614 e. The van der Waals surface area contributed by atoms with Gasteiger partial charge in [0.1, 0.15) is 0 Å². The minimum Gasteiger partial charge on any atom is -0.394 e. The molecule has 1 rings (SSSR count). The van der Waals surface area contributed by atoms with Crippen molar-refractivity contribution in [2.45, 2.75) is 18.4 Å². The van der Waals surface area contributed by atoms with Crippen molar-refractivity contribution in [1.29, 1.82) is 0 Å². The number of aliphatic hydroxyl groups is 1. The van der Waals surface area contributed by atoms with Crippen molar-refractivity contribution in [1.82, 2.24) is 15.1 Å². The molecule has 0 amide bonds. The summed E-state index contributed by atoms with van der Waals surface area (Å²) >= 11 is 0. The Morgan fingerprint density at radius 1 is 1.33 bits per heavy atom. The number of aliphatic hydroxyl groups excluding tert-OH is 1.